The quantitative estimate of drug-likeness (QED) is 0.635. The maximum Gasteiger partial charge on any atom is 0.407 e. The van der Waals surface area contributed by atoms with Crippen LogP contribution in [0.3, 0.4) is 0 Å². The first-order chi connectivity index (χ1) is 13.7. The van der Waals surface area contributed by atoms with E-state index in [0.717, 1.165) is 0 Å². The highest BCUT2D eigenvalue weighted by molar-refractivity contribution is 5.87. The minimum atomic E-state index is -0.948. The van der Waals surface area contributed by atoms with Crippen LogP contribution in [0.2, 0.25) is 0 Å². The third-order valence-corrected chi connectivity index (χ3v) is 5.28. The third kappa shape index (κ3) is 3.24. The average molecular weight is 399 g/mol. The van der Waals surface area contributed by atoms with Crippen LogP contribution in [0.25, 0.3) is 22.4 Å². The van der Waals surface area contributed by atoms with Gasteiger partial charge in [0.05, 0.1) is 23.7 Å². The summed E-state index contributed by atoms with van der Waals surface area (Å²) in [6.45, 7) is 6.45. The maximum absolute atomic E-state index is 13.2. The molecule has 1 aliphatic heterocycles. The van der Waals surface area contributed by atoms with Gasteiger partial charge in [0, 0.05) is 18.3 Å². The van der Waals surface area contributed by atoms with E-state index in [1.807, 2.05) is 20.8 Å². The number of anilines is 1. The Morgan fingerprint density at radius 1 is 1.28 bits per heavy atom. The van der Waals surface area contributed by atoms with E-state index in [0.29, 0.717) is 35.4 Å². The summed E-state index contributed by atoms with van der Waals surface area (Å²) in [7, 11) is 0. The van der Waals surface area contributed by atoms with Crippen molar-refractivity contribution in [2.75, 3.05) is 12.3 Å². The number of likely N-dealkylation sites (tertiary alicyclic amines) is 1. The molecule has 10 heteroatoms. The normalized spacial score (nSPS) is 19.8. The molecule has 3 N–H and O–H groups in total. The summed E-state index contributed by atoms with van der Waals surface area (Å²) in [6.07, 6.45) is 2.61. The Labute approximate surface area is 166 Å². The zero-order chi connectivity index (χ0) is 20.9. The molecule has 0 aromatic carbocycles. The lowest BCUT2D eigenvalue weighted by Crippen LogP contribution is -2.46. The molecule has 3 aromatic rings. The number of rotatable bonds is 2. The van der Waals surface area contributed by atoms with E-state index in [4.69, 9.17) is 5.73 Å². The van der Waals surface area contributed by atoms with Gasteiger partial charge in [-0.3, -0.25) is 0 Å². The minimum absolute atomic E-state index is 0.197. The highest BCUT2D eigenvalue weighted by atomic mass is 19.1. The van der Waals surface area contributed by atoms with E-state index >= 15 is 0 Å². The largest absolute Gasteiger partial charge is 0.465 e. The number of hydrogen-bond donors (Lipinski definition) is 2. The van der Waals surface area contributed by atoms with Crippen molar-refractivity contribution >= 4 is 22.9 Å². The lowest BCUT2D eigenvalue weighted by atomic mass is 9.83. The Bertz CT molecular complexity index is 1070. The third-order valence-electron chi connectivity index (χ3n) is 5.28. The molecule has 1 saturated heterocycles. The number of hydrogen-bond acceptors (Lipinski definition) is 6. The molecule has 0 spiro atoms. The molecular formula is C19H22FN7O2. The summed E-state index contributed by atoms with van der Waals surface area (Å²) in [4.78, 5) is 25.8. The molecule has 0 radical (unpaired) electrons. The fourth-order valence-corrected chi connectivity index (χ4v) is 4.12. The van der Waals surface area contributed by atoms with Gasteiger partial charge in [-0.1, -0.05) is 20.8 Å². The van der Waals surface area contributed by atoms with Crippen molar-refractivity contribution in [2.24, 2.45) is 5.41 Å². The van der Waals surface area contributed by atoms with Gasteiger partial charge in [0.1, 0.15) is 5.82 Å². The molecule has 0 saturated carbocycles. The Balaban J connectivity index is 1.84. The molecule has 0 bridgehead atoms. The first-order valence-corrected chi connectivity index (χ1v) is 9.29. The van der Waals surface area contributed by atoms with E-state index in [1.165, 1.54) is 23.2 Å². The van der Waals surface area contributed by atoms with Gasteiger partial charge in [0.25, 0.3) is 0 Å². The van der Waals surface area contributed by atoms with Gasteiger partial charge in [-0.25, -0.2) is 24.4 Å². The van der Waals surface area contributed by atoms with Crippen LogP contribution in [0.1, 0.15) is 33.2 Å². The highest BCUT2D eigenvalue weighted by Gasteiger charge is 2.45. The molecule has 4 heterocycles. The molecule has 1 aliphatic rings. The maximum atomic E-state index is 13.2. The number of amides is 1. The van der Waals surface area contributed by atoms with Gasteiger partial charge in [0.2, 0.25) is 5.95 Å². The Morgan fingerprint density at radius 2 is 2.03 bits per heavy atom. The number of pyridine rings is 1. The molecule has 29 heavy (non-hydrogen) atoms. The van der Waals surface area contributed by atoms with Gasteiger partial charge >= 0.3 is 6.09 Å². The van der Waals surface area contributed by atoms with Crippen LogP contribution in [0.4, 0.5) is 15.0 Å². The van der Waals surface area contributed by atoms with Gasteiger partial charge in [0.15, 0.2) is 11.5 Å². The van der Waals surface area contributed by atoms with Gasteiger partial charge in [-0.15, -0.1) is 0 Å². The van der Waals surface area contributed by atoms with Crippen molar-refractivity contribution in [3.05, 3.63) is 30.5 Å². The van der Waals surface area contributed by atoms with Crippen LogP contribution in [0.15, 0.2) is 24.5 Å². The molecule has 3 aromatic heterocycles. The Morgan fingerprint density at radius 3 is 2.66 bits per heavy atom. The van der Waals surface area contributed by atoms with Crippen LogP contribution < -0.4 is 5.73 Å². The predicted molar refractivity (Wildman–Crippen MR) is 105 cm³/mol. The lowest BCUT2D eigenvalue weighted by Gasteiger charge is -2.37. The van der Waals surface area contributed by atoms with Gasteiger partial charge in [-0.2, -0.15) is 9.49 Å². The van der Waals surface area contributed by atoms with Crippen molar-refractivity contribution in [2.45, 2.75) is 39.3 Å². The number of aromatic nitrogens is 5. The smallest absolute Gasteiger partial charge is 0.407 e. The SMILES string of the molecule is CC(C)(C)[C@H]1C(n2ncc3c(N)nc(-c4ccc(F)nc4)nc32)CCN1C(=O)O. The van der Waals surface area contributed by atoms with E-state index in [2.05, 4.69) is 20.1 Å². The van der Waals surface area contributed by atoms with Gasteiger partial charge in [-0.05, 0) is 24.0 Å². The molecule has 2 atom stereocenters. The van der Waals surface area contributed by atoms with E-state index in [9.17, 15) is 14.3 Å². The second-order valence-electron chi connectivity index (χ2n) is 8.27. The molecule has 1 amide bonds. The number of halogens is 1. The van der Waals surface area contributed by atoms with Gasteiger partial charge < -0.3 is 15.7 Å². The fraction of sp³-hybridized carbons (Fsp3) is 0.421. The van der Waals surface area contributed by atoms with E-state index in [-0.39, 0.29) is 23.3 Å². The fourth-order valence-electron chi connectivity index (χ4n) is 4.12. The summed E-state index contributed by atoms with van der Waals surface area (Å²) >= 11 is 0. The summed E-state index contributed by atoms with van der Waals surface area (Å²) in [5, 5.41) is 14.7. The first-order valence-electron chi connectivity index (χ1n) is 9.29. The first kappa shape index (κ1) is 19.0. The number of carbonyl (C=O) groups is 1. The van der Waals surface area contributed by atoms with Crippen molar-refractivity contribution in [3.8, 4) is 11.4 Å². The van der Waals surface area contributed by atoms with E-state index < -0.39 is 12.0 Å². The Hall–Kier alpha value is -3.30. The molecule has 4 rings (SSSR count). The second kappa shape index (κ2) is 6.64. The molecule has 1 unspecified atom stereocenters. The zero-order valence-electron chi connectivity index (χ0n) is 16.4. The van der Waals surface area contributed by atoms with Crippen molar-refractivity contribution in [1.29, 1.82) is 0 Å². The lowest BCUT2D eigenvalue weighted by molar-refractivity contribution is 0.0912. The monoisotopic (exact) mass is 399 g/mol. The molecule has 152 valence electrons. The second-order valence-corrected chi connectivity index (χ2v) is 8.27. The van der Waals surface area contributed by atoms with Crippen LogP contribution >= 0.6 is 0 Å². The van der Waals surface area contributed by atoms with Crippen LogP contribution in [-0.4, -0.2) is 53.4 Å². The Kier molecular flexibility index (Phi) is 4.36. The molecule has 1 fully saturated rings. The number of nitrogen functional groups attached to an aromatic ring is 1. The van der Waals surface area contributed by atoms with Crippen LogP contribution in [-0.2, 0) is 0 Å². The van der Waals surface area contributed by atoms with Crippen molar-refractivity contribution in [1.82, 2.24) is 29.6 Å². The number of carboxylic acid groups (broad SMARTS) is 1. The standard InChI is InChI=1S/C19H22FN7O2/c1-19(2,3)14-12(6-7-26(14)18(28)29)27-17-11(9-23-27)15(21)24-16(25-17)10-4-5-13(20)22-8-10/h4-5,8-9,12,14H,6-7H2,1-3H3,(H,28,29)(H2,21,24,25)/t12?,14-/m1/s1. The van der Waals surface area contributed by atoms with Crippen LogP contribution in [0.5, 0.6) is 0 Å². The van der Waals surface area contributed by atoms with E-state index in [1.54, 1.807) is 10.9 Å². The van der Waals surface area contributed by atoms with Crippen molar-refractivity contribution < 1.29 is 14.3 Å². The average Bonchev–Trinajstić information content (AvgIpc) is 3.26. The summed E-state index contributed by atoms with van der Waals surface area (Å²) in [5.74, 6) is -0.0359. The highest BCUT2D eigenvalue weighted by Crippen LogP contribution is 2.41. The zero-order valence-corrected chi connectivity index (χ0v) is 16.4. The minimum Gasteiger partial charge on any atom is -0.465 e. The van der Waals surface area contributed by atoms with Crippen LogP contribution in [0, 0.1) is 11.4 Å². The number of nitrogens with two attached hydrogens (primary N) is 1. The number of nitrogens with zero attached hydrogens (tertiary/aromatic N) is 6. The summed E-state index contributed by atoms with van der Waals surface area (Å²) in [5.41, 5.74) is 6.87. The summed E-state index contributed by atoms with van der Waals surface area (Å²) in [6, 6.07) is 2.28. The topological polar surface area (TPSA) is 123 Å². The van der Waals surface area contributed by atoms with Crippen molar-refractivity contribution in [3.63, 3.8) is 0 Å². The molecular weight excluding hydrogens is 377 g/mol. The summed E-state index contributed by atoms with van der Waals surface area (Å²) < 4.78 is 14.9. The molecule has 0 aliphatic carbocycles. The number of fused-ring (bicyclic) bond motifs is 1. The molecule has 9 nitrogen and oxygen atoms in total. The predicted octanol–water partition coefficient (Wildman–Crippen LogP) is 2.95.